The second-order valence-corrected chi connectivity index (χ2v) is 5.95. The van der Waals surface area contributed by atoms with E-state index in [4.69, 9.17) is 10.5 Å². The fourth-order valence-corrected chi connectivity index (χ4v) is 2.75. The number of rotatable bonds is 6. The van der Waals surface area contributed by atoms with E-state index in [0.29, 0.717) is 12.4 Å². The maximum Gasteiger partial charge on any atom is 0.166 e. The number of ether oxygens (including phenoxy) is 1. The van der Waals surface area contributed by atoms with Gasteiger partial charge in [-0.3, -0.25) is 0 Å². The highest BCUT2D eigenvalue weighted by atomic mass is 79.9. The Balaban J connectivity index is 2.20. The molecule has 1 unspecified atom stereocenters. The monoisotopic (exact) mass is 349 g/mol. The largest absolute Gasteiger partial charge is 0.485 e. The van der Waals surface area contributed by atoms with Gasteiger partial charge in [0.15, 0.2) is 5.82 Å². The molecule has 21 heavy (non-hydrogen) atoms. The van der Waals surface area contributed by atoms with Crippen LogP contribution in [0, 0.1) is 6.92 Å². The van der Waals surface area contributed by atoms with Gasteiger partial charge in [0.2, 0.25) is 0 Å². The van der Waals surface area contributed by atoms with E-state index >= 15 is 0 Å². The number of nitrogens with zero attached hydrogens (tertiary/aromatic N) is 2. The van der Waals surface area contributed by atoms with Gasteiger partial charge in [0, 0.05) is 22.9 Å². The van der Waals surface area contributed by atoms with Crippen LogP contribution in [0.4, 0.5) is 0 Å². The molecule has 0 aliphatic heterocycles. The lowest BCUT2D eigenvalue weighted by molar-refractivity contribution is 0.290. The van der Waals surface area contributed by atoms with Crippen molar-refractivity contribution in [1.29, 1.82) is 0 Å². The van der Waals surface area contributed by atoms with Crippen LogP contribution in [0.15, 0.2) is 35.1 Å². The Bertz CT molecular complexity index is 590. The highest BCUT2D eigenvalue weighted by Gasteiger charge is 2.12. The maximum atomic E-state index is 6.09. The molecule has 5 heteroatoms. The van der Waals surface area contributed by atoms with Crippen LogP contribution in [0.3, 0.4) is 0 Å². The second kappa shape index (κ2) is 7.52. The van der Waals surface area contributed by atoms with Crippen molar-refractivity contribution >= 4 is 15.9 Å². The normalized spacial score (nSPS) is 12.2. The molecule has 2 rings (SSSR count). The topological polar surface area (TPSA) is 61.0 Å². The molecule has 112 valence electrons. The van der Waals surface area contributed by atoms with Crippen LogP contribution in [-0.2, 0) is 13.0 Å². The molecule has 0 bridgehead atoms. The summed E-state index contributed by atoms with van der Waals surface area (Å²) in [5.41, 5.74) is 8.29. The predicted octanol–water partition coefficient (Wildman–Crippen LogP) is 3.41. The Morgan fingerprint density at radius 1 is 1.29 bits per heavy atom. The first kappa shape index (κ1) is 15.9. The van der Waals surface area contributed by atoms with E-state index < -0.39 is 0 Å². The van der Waals surface area contributed by atoms with E-state index in [-0.39, 0.29) is 6.04 Å². The molecule has 1 aromatic heterocycles. The summed E-state index contributed by atoms with van der Waals surface area (Å²) in [6, 6.07) is 6.04. The van der Waals surface area contributed by atoms with Crippen molar-refractivity contribution in [2.45, 2.75) is 39.3 Å². The van der Waals surface area contributed by atoms with Gasteiger partial charge >= 0.3 is 0 Å². The van der Waals surface area contributed by atoms with Gasteiger partial charge in [-0.1, -0.05) is 22.9 Å². The van der Waals surface area contributed by atoms with Crippen LogP contribution >= 0.6 is 15.9 Å². The van der Waals surface area contributed by atoms with Gasteiger partial charge in [-0.2, -0.15) is 0 Å². The second-order valence-electron chi connectivity index (χ2n) is 5.04. The van der Waals surface area contributed by atoms with Crippen molar-refractivity contribution in [2.24, 2.45) is 5.73 Å². The SMILES string of the molecule is CCC(N)Cc1cc(Br)cc(C)c1OCc1ncccn1. The third kappa shape index (κ3) is 4.51. The quantitative estimate of drug-likeness (QED) is 0.867. The lowest BCUT2D eigenvalue weighted by Gasteiger charge is -2.17. The molecule has 0 amide bonds. The van der Waals surface area contributed by atoms with Crippen molar-refractivity contribution in [2.75, 3.05) is 0 Å². The fourth-order valence-electron chi connectivity index (χ4n) is 2.13. The van der Waals surface area contributed by atoms with Crippen LogP contribution in [0.2, 0.25) is 0 Å². The molecule has 0 spiro atoms. The lowest BCUT2D eigenvalue weighted by atomic mass is 10.0. The number of aryl methyl sites for hydroxylation is 1. The highest BCUT2D eigenvalue weighted by Crippen LogP contribution is 2.29. The van der Waals surface area contributed by atoms with E-state index in [1.165, 1.54) is 0 Å². The molecule has 0 saturated carbocycles. The molecule has 1 aromatic carbocycles. The zero-order valence-electron chi connectivity index (χ0n) is 12.3. The molecule has 0 aliphatic carbocycles. The minimum Gasteiger partial charge on any atom is -0.485 e. The van der Waals surface area contributed by atoms with E-state index in [0.717, 1.165) is 34.2 Å². The van der Waals surface area contributed by atoms with Gasteiger partial charge in [0.1, 0.15) is 12.4 Å². The van der Waals surface area contributed by atoms with Crippen molar-refractivity contribution in [3.05, 3.63) is 52.0 Å². The average Bonchev–Trinajstić information content (AvgIpc) is 2.47. The number of hydrogen-bond acceptors (Lipinski definition) is 4. The summed E-state index contributed by atoms with van der Waals surface area (Å²) in [6.45, 7) is 4.48. The van der Waals surface area contributed by atoms with E-state index in [1.807, 2.05) is 13.0 Å². The highest BCUT2D eigenvalue weighted by molar-refractivity contribution is 9.10. The minimum atomic E-state index is 0.133. The molecule has 1 atom stereocenters. The molecule has 1 heterocycles. The van der Waals surface area contributed by atoms with E-state index in [1.54, 1.807) is 18.5 Å². The minimum absolute atomic E-state index is 0.133. The van der Waals surface area contributed by atoms with Gasteiger partial charge in [-0.15, -0.1) is 0 Å². The summed E-state index contributed by atoms with van der Waals surface area (Å²) in [4.78, 5) is 8.36. The van der Waals surface area contributed by atoms with Gasteiger partial charge in [0.25, 0.3) is 0 Å². The molecule has 2 N–H and O–H groups in total. The van der Waals surface area contributed by atoms with E-state index in [2.05, 4.69) is 38.9 Å². The van der Waals surface area contributed by atoms with Crippen LogP contribution < -0.4 is 10.5 Å². The summed E-state index contributed by atoms with van der Waals surface area (Å²) < 4.78 is 7.00. The van der Waals surface area contributed by atoms with Gasteiger partial charge in [0.05, 0.1) is 0 Å². The summed E-state index contributed by atoms with van der Waals surface area (Å²) in [5, 5.41) is 0. The first-order chi connectivity index (χ1) is 10.1. The molecule has 4 nitrogen and oxygen atoms in total. The zero-order valence-corrected chi connectivity index (χ0v) is 13.9. The molecule has 0 saturated heterocycles. The van der Waals surface area contributed by atoms with Crippen molar-refractivity contribution in [3.63, 3.8) is 0 Å². The predicted molar refractivity (Wildman–Crippen MR) is 87.2 cm³/mol. The van der Waals surface area contributed by atoms with Gasteiger partial charge in [-0.05, 0) is 49.1 Å². The Morgan fingerprint density at radius 2 is 2.00 bits per heavy atom. The summed E-state index contributed by atoms with van der Waals surface area (Å²) in [5.74, 6) is 1.56. The Kier molecular flexibility index (Phi) is 5.70. The smallest absolute Gasteiger partial charge is 0.166 e. The van der Waals surface area contributed by atoms with Crippen LogP contribution in [-0.4, -0.2) is 16.0 Å². The Labute approximate surface area is 133 Å². The number of benzene rings is 1. The van der Waals surface area contributed by atoms with Gasteiger partial charge in [-0.25, -0.2) is 9.97 Å². The third-order valence-corrected chi connectivity index (χ3v) is 3.75. The summed E-state index contributed by atoms with van der Waals surface area (Å²) in [6.07, 6.45) is 5.16. The molecular formula is C16H20BrN3O. The Morgan fingerprint density at radius 3 is 2.67 bits per heavy atom. The number of halogens is 1. The molecule has 0 aliphatic rings. The van der Waals surface area contributed by atoms with Crippen molar-refractivity contribution in [1.82, 2.24) is 9.97 Å². The van der Waals surface area contributed by atoms with E-state index in [9.17, 15) is 0 Å². The molecule has 0 fully saturated rings. The summed E-state index contributed by atoms with van der Waals surface area (Å²) in [7, 11) is 0. The zero-order chi connectivity index (χ0) is 15.2. The molecular weight excluding hydrogens is 330 g/mol. The first-order valence-electron chi connectivity index (χ1n) is 7.03. The van der Waals surface area contributed by atoms with Crippen LogP contribution in [0.5, 0.6) is 5.75 Å². The number of aromatic nitrogens is 2. The van der Waals surface area contributed by atoms with Crippen LogP contribution in [0.25, 0.3) is 0 Å². The van der Waals surface area contributed by atoms with Gasteiger partial charge < -0.3 is 10.5 Å². The van der Waals surface area contributed by atoms with Crippen molar-refractivity contribution in [3.8, 4) is 5.75 Å². The standard InChI is InChI=1S/C16H20BrN3O/c1-3-14(18)9-12-8-13(17)7-11(2)16(12)21-10-15-19-5-4-6-20-15/h4-8,14H,3,9-10,18H2,1-2H3. The third-order valence-electron chi connectivity index (χ3n) is 3.29. The lowest BCUT2D eigenvalue weighted by Crippen LogP contribution is -2.22. The Hall–Kier alpha value is -1.46. The van der Waals surface area contributed by atoms with Crippen molar-refractivity contribution < 1.29 is 4.74 Å². The van der Waals surface area contributed by atoms with Crippen LogP contribution in [0.1, 0.15) is 30.3 Å². The number of hydrogen-bond donors (Lipinski definition) is 1. The number of nitrogens with two attached hydrogens (primary N) is 1. The average molecular weight is 350 g/mol. The maximum absolute atomic E-state index is 6.09. The fraction of sp³-hybridized carbons (Fsp3) is 0.375. The summed E-state index contributed by atoms with van der Waals surface area (Å²) >= 11 is 3.53. The molecule has 0 radical (unpaired) electrons. The first-order valence-corrected chi connectivity index (χ1v) is 7.82. The molecule has 2 aromatic rings.